The summed E-state index contributed by atoms with van der Waals surface area (Å²) in [5, 5.41) is 12.1. The summed E-state index contributed by atoms with van der Waals surface area (Å²) < 4.78 is 1.46. The highest BCUT2D eigenvalue weighted by molar-refractivity contribution is 6.31. The second-order valence-corrected chi connectivity index (χ2v) is 9.18. The molecule has 2 fully saturated rings. The first kappa shape index (κ1) is 20.2. The molecule has 2 aliphatic rings. The topological polar surface area (TPSA) is 75.4 Å². The summed E-state index contributed by atoms with van der Waals surface area (Å²) >= 11 is 5.98. The van der Waals surface area contributed by atoms with Gasteiger partial charge in [0.25, 0.3) is 5.56 Å². The minimum absolute atomic E-state index is 0.0488. The fourth-order valence-corrected chi connectivity index (χ4v) is 4.80. The largest absolute Gasteiger partial charge is 0.388 e. The van der Waals surface area contributed by atoms with Gasteiger partial charge in [-0.1, -0.05) is 41.9 Å². The Morgan fingerprint density at radius 1 is 1.16 bits per heavy atom. The van der Waals surface area contributed by atoms with Gasteiger partial charge in [0, 0.05) is 24.0 Å². The van der Waals surface area contributed by atoms with Crippen molar-refractivity contribution in [3.05, 3.63) is 75.8 Å². The van der Waals surface area contributed by atoms with Gasteiger partial charge in [-0.2, -0.15) is 0 Å². The van der Waals surface area contributed by atoms with Crippen LogP contribution in [0.5, 0.6) is 0 Å². The average Bonchev–Trinajstić information content (AvgIpc) is 3.57. The number of carbonyl (C=O) groups excluding carboxylic acids is 1. The molecule has 0 bridgehead atoms. The number of aromatic nitrogens is 2. The molecule has 3 aromatic rings. The average molecular weight is 438 g/mol. The van der Waals surface area contributed by atoms with E-state index in [1.54, 1.807) is 18.2 Å². The third-order valence-corrected chi connectivity index (χ3v) is 6.83. The second kappa shape index (κ2) is 7.77. The molecule has 1 aliphatic carbocycles. The predicted octanol–water partition coefficient (Wildman–Crippen LogP) is 3.21. The van der Waals surface area contributed by atoms with Gasteiger partial charge in [0.05, 0.1) is 29.4 Å². The lowest BCUT2D eigenvalue weighted by atomic mass is 9.91. The Morgan fingerprint density at radius 2 is 1.90 bits per heavy atom. The van der Waals surface area contributed by atoms with E-state index in [-0.39, 0.29) is 23.9 Å². The Kier molecular flexibility index (Phi) is 5.07. The number of rotatable bonds is 4. The molecule has 7 heteroatoms. The van der Waals surface area contributed by atoms with Crippen LogP contribution in [-0.2, 0) is 11.3 Å². The van der Waals surface area contributed by atoms with Gasteiger partial charge in [-0.25, -0.2) is 4.98 Å². The van der Waals surface area contributed by atoms with Gasteiger partial charge in [-0.15, -0.1) is 0 Å². The van der Waals surface area contributed by atoms with Crippen molar-refractivity contribution in [2.75, 3.05) is 13.1 Å². The van der Waals surface area contributed by atoms with E-state index in [1.807, 2.05) is 23.1 Å². The van der Waals surface area contributed by atoms with E-state index >= 15 is 0 Å². The number of benzene rings is 2. The first-order valence-electron chi connectivity index (χ1n) is 10.6. The van der Waals surface area contributed by atoms with Crippen LogP contribution in [0.1, 0.15) is 30.7 Å². The zero-order chi connectivity index (χ0) is 21.6. The van der Waals surface area contributed by atoms with Crippen LogP contribution in [0.4, 0.5) is 0 Å². The van der Waals surface area contributed by atoms with E-state index < -0.39 is 5.60 Å². The normalized spacial score (nSPS) is 22.5. The first-order valence-corrected chi connectivity index (χ1v) is 11.0. The standard InChI is InChI=1S/C24H24ClN3O3/c25-17-6-7-18-21(12-17)26-15-28(22(18)29)14-24(31)8-10-27(11-9-24)23(30)20-13-19(20)16-4-2-1-3-5-16/h1-7,12,15,19-20,31H,8-11,13-14H2/t19-,20+/m1/s1. The molecule has 1 saturated heterocycles. The summed E-state index contributed by atoms with van der Waals surface area (Å²) in [7, 11) is 0. The lowest BCUT2D eigenvalue weighted by molar-refractivity contribution is -0.137. The summed E-state index contributed by atoms with van der Waals surface area (Å²) in [5.74, 6) is 0.537. The fourth-order valence-electron chi connectivity index (χ4n) is 4.63. The molecule has 160 valence electrons. The number of hydrogen-bond acceptors (Lipinski definition) is 4. The maximum Gasteiger partial charge on any atom is 0.261 e. The highest BCUT2D eigenvalue weighted by Crippen LogP contribution is 2.48. The van der Waals surface area contributed by atoms with E-state index in [2.05, 4.69) is 17.1 Å². The second-order valence-electron chi connectivity index (χ2n) is 8.75. The van der Waals surface area contributed by atoms with Crippen LogP contribution in [0, 0.1) is 5.92 Å². The lowest BCUT2D eigenvalue weighted by Crippen LogP contribution is -2.50. The van der Waals surface area contributed by atoms with E-state index in [4.69, 9.17) is 11.6 Å². The number of aliphatic hydroxyl groups is 1. The first-order chi connectivity index (χ1) is 14.9. The maximum atomic E-state index is 12.9. The molecular formula is C24H24ClN3O3. The summed E-state index contributed by atoms with van der Waals surface area (Å²) in [4.78, 5) is 31.9. The zero-order valence-corrected chi connectivity index (χ0v) is 17.8. The van der Waals surface area contributed by atoms with E-state index in [0.717, 1.165) is 6.42 Å². The minimum atomic E-state index is -1.04. The Bertz CT molecular complexity index is 1190. The Hall–Kier alpha value is -2.70. The summed E-state index contributed by atoms with van der Waals surface area (Å²) in [5.41, 5.74) is 0.528. The highest BCUT2D eigenvalue weighted by atomic mass is 35.5. The van der Waals surface area contributed by atoms with E-state index in [0.29, 0.717) is 47.8 Å². The molecule has 6 nitrogen and oxygen atoms in total. The molecule has 2 atom stereocenters. The SMILES string of the molecule is O=C([C@H]1C[C@@H]1c1ccccc1)N1CCC(O)(Cn2cnc3cc(Cl)ccc3c2=O)CC1. The minimum Gasteiger partial charge on any atom is -0.388 e. The van der Waals surface area contributed by atoms with E-state index in [1.165, 1.54) is 16.5 Å². The van der Waals surface area contributed by atoms with Gasteiger partial charge >= 0.3 is 0 Å². The molecule has 0 unspecified atom stereocenters. The van der Waals surface area contributed by atoms with Crippen molar-refractivity contribution in [2.24, 2.45) is 5.92 Å². The van der Waals surface area contributed by atoms with E-state index in [9.17, 15) is 14.7 Å². The van der Waals surface area contributed by atoms with Crippen LogP contribution < -0.4 is 5.56 Å². The van der Waals surface area contributed by atoms with Crippen molar-refractivity contribution in [3.8, 4) is 0 Å². The molecule has 31 heavy (non-hydrogen) atoms. The number of piperidine rings is 1. The van der Waals surface area contributed by atoms with Crippen molar-refractivity contribution in [2.45, 2.75) is 37.3 Å². The number of carbonyl (C=O) groups is 1. The molecule has 1 aromatic heterocycles. The quantitative estimate of drug-likeness (QED) is 0.680. The van der Waals surface area contributed by atoms with Crippen LogP contribution in [0.3, 0.4) is 0 Å². The molecule has 0 spiro atoms. The molecule has 1 saturated carbocycles. The Morgan fingerprint density at radius 3 is 2.65 bits per heavy atom. The Labute approximate surface area is 185 Å². The van der Waals surface area contributed by atoms with Crippen LogP contribution in [0.25, 0.3) is 10.9 Å². The molecule has 1 amide bonds. The van der Waals surface area contributed by atoms with Crippen molar-refractivity contribution >= 4 is 28.4 Å². The van der Waals surface area contributed by atoms with Gasteiger partial charge in [0.15, 0.2) is 0 Å². The molecule has 2 heterocycles. The van der Waals surface area contributed by atoms with Gasteiger partial charge in [0.2, 0.25) is 5.91 Å². The molecule has 0 radical (unpaired) electrons. The molecule has 1 N–H and O–H groups in total. The smallest absolute Gasteiger partial charge is 0.261 e. The summed E-state index contributed by atoms with van der Waals surface area (Å²) in [6.07, 6.45) is 3.23. The van der Waals surface area contributed by atoms with Gasteiger partial charge in [-0.3, -0.25) is 14.2 Å². The van der Waals surface area contributed by atoms with Gasteiger partial charge in [-0.05, 0) is 48.9 Å². The molecular weight excluding hydrogens is 414 g/mol. The van der Waals surface area contributed by atoms with Crippen LogP contribution in [0.15, 0.2) is 59.7 Å². The molecule has 5 rings (SSSR count). The number of likely N-dealkylation sites (tertiary alicyclic amines) is 1. The van der Waals surface area contributed by atoms with Crippen molar-refractivity contribution < 1.29 is 9.90 Å². The number of hydrogen-bond donors (Lipinski definition) is 1. The summed E-state index contributed by atoms with van der Waals surface area (Å²) in [6, 6.07) is 15.1. The molecule has 1 aliphatic heterocycles. The van der Waals surface area contributed by atoms with Gasteiger partial charge in [0.1, 0.15) is 0 Å². The maximum absolute atomic E-state index is 12.9. The zero-order valence-electron chi connectivity index (χ0n) is 17.1. The van der Waals surface area contributed by atoms with Crippen LogP contribution in [0.2, 0.25) is 5.02 Å². The highest BCUT2D eigenvalue weighted by Gasteiger charge is 2.47. The fraction of sp³-hybridized carbons (Fsp3) is 0.375. The Balaban J connectivity index is 1.23. The number of nitrogens with zero attached hydrogens (tertiary/aromatic N) is 3. The number of amides is 1. The third-order valence-electron chi connectivity index (χ3n) is 6.59. The predicted molar refractivity (Wildman–Crippen MR) is 119 cm³/mol. The summed E-state index contributed by atoms with van der Waals surface area (Å²) in [6.45, 7) is 1.16. The lowest BCUT2D eigenvalue weighted by Gasteiger charge is -2.38. The van der Waals surface area contributed by atoms with Crippen molar-refractivity contribution in [1.29, 1.82) is 0 Å². The van der Waals surface area contributed by atoms with Crippen molar-refractivity contribution in [3.63, 3.8) is 0 Å². The van der Waals surface area contributed by atoms with Crippen LogP contribution >= 0.6 is 11.6 Å². The number of halogens is 1. The van der Waals surface area contributed by atoms with Crippen LogP contribution in [-0.4, -0.2) is 44.2 Å². The van der Waals surface area contributed by atoms with Crippen molar-refractivity contribution in [1.82, 2.24) is 14.5 Å². The molecule has 2 aromatic carbocycles. The number of fused-ring (bicyclic) bond motifs is 1. The van der Waals surface area contributed by atoms with Gasteiger partial charge < -0.3 is 10.0 Å². The third kappa shape index (κ3) is 3.98. The monoisotopic (exact) mass is 437 g/mol.